The Bertz CT molecular complexity index is 91.3. The molecule has 0 aliphatic heterocycles. The fraction of sp³-hybridized carbons (Fsp3) is 0.750. The van der Waals surface area contributed by atoms with Crippen LogP contribution in [0.1, 0.15) is 13.3 Å². The molecule has 2 heteroatoms. The van der Waals surface area contributed by atoms with Gasteiger partial charge in [0.15, 0.2) is 0 Å². The maximum absolute atomic E-state index is 5.77. The molecule has 0 aliphatic rings. The van der Waals surface area contributed by atoms with Crippen molar-refractivity contribution in [3.05, 3.63) is 12.7 Å². The van der Waals surface area contributed by atoms with E-state index in [1.165, 1.54) is 0 Å². The molecule has 0 bridgehead atoms. The molecule has 0 radical (unpaired) electrons. The lowest BCUT2D eigenvalue weighted by Crippen LogP contribution is -2.21. The highest BCUT2D eigenvalue weighted by molar-refractivity contribution is 6.20. The molecule has 0 aromatic carbocycles. The molecule has 1 atom stereocenters. The van der Waals surface area contributed by atoms with Crippen LogP contribution in [0.5, 0.6) is 0 Å². The van der Waals surface area contributed by atoms with Crippen molar-refractivity contribution in [2.45, 2.75) is 18.7 Å². The van der Waals surface area contributed by atoms with Gasteiger partial charge in [-0.1, -0.05) is 6.08 Å². The third-order valence-electron chi connectivity index (χ3n) is 1.35. The number of hydrogen-bond acceptors (Lipinski definition) is 1. The van der Waals surface area contributed by atoms with Gasteiger partial charge in [-0.3, -0.25) is 0 Å². The van der Waals surface area contributed by atoms with Gasteiger partial charge in [-0.25, -0.2) is 0 Å². The highest BCUT2D eigenvalue weighted by atomic mass is 35.5. The Hall–Kier alpha value is -0.0100. The molecule has 0 spiro atoms. The SMILES string of the molecule is C=CCN(C)CCC(C)Cl. The summed E-state index contributed by atoms with van der Waals surface area (Å²) in [5, 5.41) is 0.285. The van der Waals surface area contributed by atoms with Crippen molar-refractivity contribution >= 4 is 11.6 Å². The van der Waals surface area contributed by atoms with Crippen LogP contribution in [0.15, 0.2) is 12.7 Å². The minimum Gasteiger partial charge on any atom is -0.303 e. The zero-order valence-electron chi connectivity index (χ0n) is 6.81. The van der Waals surface area contributed by atoms with E-state index in [-0.39, 0.29) is 5.38 Å². The summed E-state index contributed by atoms with van der Waals surface area (Å²) in [5.41, 5.74) is 0. The molecule has 10 heavy (non-hydrogen) atoms. The van der Waals surface area contributed by atoms with Crippen molar-refractivity contribution in [1.82, 2.24) is 4.90 Å². The largest absolute Gasteiger partial charge is 0.303 e. The van der Waals surface area contributed by atoms with E-state index in [9.17, 15) is 0 Å². The Morgan fingerprint density at radius 3 is 2.70 bits per heavy atom. The molecule has 0 fully saturated rings. The Morgan fingerprint density at radius 1 is 1.70 bits per heavy atom. The van der Waals surface area contributed by atoms with Gasteiger partial charge in [0.05, 0.1) is 0 Å². The van der Waals surface area contributed by atoms with Crippen LogP contribution in [0.4, 0.5) is 0 Å². The quantitative estimate of drug-likeness (QED) is 0.441. The van der Waals surface area contributed by atoms with Crippen molar-refractivity contribution in [3.63, 3.8) is 0 Å². The van der Waals surface area contributed by atoms with Crippen molar-refractivity contribution in [2.75, 3.05) is 20.1 Å². The van der Waals surface area contributed by atoms with Crippen molar-refractivity contribution in [1.29, 1.82) is 0 Å². The predicted molar refractivity (Wildman–Crippen MR) is 47.6 cm³/mol. The summed E-state index contributed by atoms with van der Waals surface area (Å²) < 4.78 is 0. The van der Waals surface area contributed by atoms with Crippen molar-refractivity contribution in [3.8, 4) is 0 Å². The van der Waals surface area contributed by atoms with E-state index < -0.39 is 0 Å². The Morgan fingerprint density at radius 2 is 2.30 bits per heavy atom. The minimum absolute atomic E-state index is 0.285. The van der Waals surface area contributed by atoms with Gasteiger partial charge in [-0.05, 0) is 26.9 Å². The molecule has 0 aromatic heterocycles. The second-order valence-electron chi connectivity index (χ2n) is 2.62. The first kappa shape index (κ1) is 9.99. The summed E-state index contributed by atoms with van der Waals surface area (Å²) in [7, 11) is 2.07. The Labute approximate surface area is 68.7 Å². The second-order valence-corrected chi connectivity index (χ2v) is 3.37. The van der Waals surface area contributed by atoms with Gasteiger partial charge >= 0.3 is 0 Å². The summed E-state index contributed by atoms with van der Waals surface area (Å²) in [5.74, 6) is 0. The highest BCUT2D eigenvalue weighted by Crippen LogP contribution is 2.00. The summed E-state index contributed by atoms with van der Waals surface area (Å²) in [6.45, 7) is 7.67. The highest BCUT2D eigenvalue weighted by Gasteiger charge is 1.98. The molecule has 60 valence electrons. The molecular formula is C8H16ClN. The Balaban J connectivity index is 3.20. The fourth-order valence-electron chi connectivity index (χ4n) is 0.710. The van der Waals surface area contributed by atoms with E-state index in [1.807, 2.05) is 13.0 Å². The number of halogens is 1. The smallest absolute Gasteiger partial charge is 0.0320 e. The molecule has 1 nitrogen and oxygen atoms in total. The summed E-state index contributed by atoms with van der Waals surface area (Å²) >= 11 is 5.77. The third kappa shape index (κ3) is 6.12. The van der Waals surface area contributed by atoms with Crippen LogP contribution in [-0.2, 0) is 0 Å². The zero-order chi connectivity index (χ0) is 7.98. The molecule has 0 saturated heterocycles. The first-order chi connectivity index (χ1) is 4.66. The minimum atomic E-state index is 0.285. The molecule has 0 saturated carbocycles. The average Bonchev–Trinajstić information content (AvgIpc) is 1.85. The maximum Gasteiger partial charge on any atom is 0.0320 e. The van der Waals surface area contributed by atoms with Gasteiger partial charge in [0.1, 0.15) is 0 Å². The topological polar surface area (TPSA) is 3.24 Å². The van der Waals surface area contributed by atoms with Crippen molar-refractivity contribution in [2.24, 2.45) is 0 Å². The normalized spacial score (nSPS) is 13.6. The summed E-state index contributed by atoms with van der Waals surface area (Å²) in [6, 6.07) is 0. The Kier molecular flexibility index (Phi) is 5.74. The first-order valence-corrected chi connectivity index (χ1v) is 4.04. The van der Waals surface area contributed by atoms with Crippen LogP contribution in [0, 0.1) is 0 Å². The van der Waals surface area contributed by atoms with Gasteiger partial charge in [-0.2, -0.15) is 0 Å². The number of alkyl halides is 1. The van der Waals surface area contributed by atoms with Crippen LogP contribution in [0.3, 0.4) is 0 Å². The molecule has 1 unspecified atom stereocenters. The van der Waals surface area contributed by atoms with Crippen LogP contribution >= 0.6 is 11.6 Å². The van der Waals surface area contributed by atoms with Crippen LogP contribution < -0.4 is 0 Å². The predicted octanol–water partition coefficient (Wildman–Crippen LogP) is 2.12. The van der Waals surface area contributed by atoms with E-state index in [1.54, 1.807) is 0 Å². The molecular weight excluding hydrogens is 146 g/mol. The lowest BCUT2D eigenvalue weighted by Gasteiger charge is -2.14. The van der Waals surface area contributed by atoms with E-state index >= 15 is 0 Å². The van der Waals surface area contributed by atoms with E-state index in [2.05, 4.69) is 18.5 Å². The molecule has 0 aromatic rings. The van der Waals surface area contributed by atoms with Gasteiger partial charge in [0.2, 0.25) is 0 Å². The monoisotopic (exact) mass is 161 g/mol. The third-order valence-corrected chi connectivity index (χ3v) is 1.57. The van der Waals surface area contributed by atoms with Crippen LogP contribution in [0.25, 0.3) is 0 Å². The van der Waals surface area contributed by atoms with Crippen LogP contribution in [0.2, 0.25) is 0 Å². The molecule has 0 heterocycles. The van der Waals surface area contributed by atoms with Gasteiger partial charge < -0.3 is 4.90 Å². The van der Waals surface area contributed by atoms with Crippen LogP contribution in [-0.4, -0.2) is 30.4 Å². The number of rotatable bonds is 5. The standard InChI is InChI=1S/C8H16ClN/c1-4-6-10(3)7-5-8(2)9/h4,8H,1,5-7H2,2-3H3. The van der Waals surface area contributed by atoms with Crippen molar-refractivity contribution < 1.29 is 0 Å². The molecule has 0 N–H and O–H groups in total. The van der Waals surface area contributed by atoms with E-state index in [4.69, 9.17) is 11.6 Å². The van der Waals surface area contributed by atoms with Gasteiger partial charge in [0, 0.05) is 11.9 Å². The van der Waals surface area contributed by atoms with Gasteiger partial charge in [0.25, 0.3) is 0 Å². The number of hydrogen-bond donors (Lipinski definition) is 0. The molecule has 0 aliphatic carbocycles. The number of nitrogens with zero attached hydrogens (tertiary/aromatic N) is 1. The zero-order valence-corrected chi connectivity index (χ0v) is 7.56. The van der Waals surface area contributed by atoms with Gasteiger partial charge in [-0.15, -0.1) is 18.2 Å². The summed E-state index contributed by atoms with van der Waals surface area (Å²) in [4.78, 5) is 2.20. The molecule has 0 rings (SSSR count). The van der Waals surface area contributed by atoms with E-state index in [0.717, 1.165) is 19.5 Å². The van der Waals surface area contributed by atoms with E-state index in [0.29, 0.717) is 0 Å². The fourth-order valence-corrected chi connectivity index (χ4v) is 0.808. The average molecular weight is 162 g/mol. The lowest BCUT2D eigenvalue weighted by atomic mass is 10.3. The number of likely N-dealkylation sites (N-methyl/N-ethyl adjacent to an activating group) is 1. The second kappa shape index (κ2) is 5.75. The molecule has 0 amide bonds. The summed E-state index contributed by atoms with van der Waals surface area (Å²) in [6.07, 6.45) is 2.95. The maximum atomic E-state index is 5.77. The first-order valence-electron chi connectivity index (χ1n) is 3.60. The lowest BCUT2D eigenvalue weighted by molar-refractivity contribution is 0.363.